The summed E-state index contributed by atoms with van der Waals surface area (Å²) < 4.78 is 0. The lowest BCUT2D eigenvalue weighted by Gasteiger charge is -2.32. The van der Waals surface area contributed by atoms with Gasteiger partial charge in [0.25, 0.3) is 0 Å². The van der Waals surface area contributed by atoms with E-state index in [9.17, 15) is 4.79 Å². The molecule has 1 aliphatic carbocycles. The van der Waals surface area contributed by atoms with Crippen LogP contribution in [0.15, 0.2) is 34.4 Å². The van der Waals surface area contributed by atoms with Crippen LogP contribution in [0.5, 0.6) is 0 Å². The monoisotopic (exact) mass is 218 g/mol. The lowest BCUT2D eigenvalue weighted by molar-refractivity contribution is -0.113. The van der Waals surface area contributed by atoms with Gasteiger partial charge in [-0.3, -0.25) is 4.79 Å². The first-order chi connectivity index (χ1) is 7.31. The number of carbonyl (C=O) groups excluding carboxylic acids is 1. The van der Waals surface area contributed by atoms with E-state index in [-0.39, 0.29) is 11.2 Å². The summed E-state index contributed by atoms with van der Waals surface area (Å²) in [4.78, 5) is 12.3. The van der Waals surface area contributed by atoms with Gasteiger partial charge in [0.05, 0.1) is 0 Å². The molecule has 0 fully saturated rings. The van der Waals surface area contributed by atoms with Crippen molar-refractivity contribution in [2.24, 2.45) is 5.41 Å². The molecule has 0 unspecified atom stereocenters. The molecule has 0 aliphatic heterocycles. The van der Waals surface area contributed by atoms with Crippen molar-refractivity contribution < 1.29 is 4.79 Å². The van der Waals surface area contributed by atoms with Crippen LogP contribution in [0.25, 0.3) is 0 Å². The Morgan fingerprint density at radius 3 is 2.44 bits per heavy atom. The molecule has 0 N–H and O–H groups in total. The van der Waals surface area contributed by atoms with Gasteiger partial charge in [-0.15, -0.1) is 0 Å². The largest absolute Gasteiger partial charge is 0.289 e. The second kappa shape index (κ2) is 4.40. The first kappa shape index (κ1) is 13.0. The molecule has 0 aromatic heterocycles. The van der Waals surface area contributed by atoms with Gasteiger partial charge in [-0.1, -0.05) is 31.6 Å². The molecule has 1 nitrogen and oxygen atoms in total. The second-order valence-electron chi connectivity index (χ2n) is 5.28. The van der Waals surface area contributed by atoms with Crippen molar-refractivity contribution in [3.05, 3.63) is 34.4 Å². The number of Topliss-reactive ketones (excluding diaryl/α,β-unsaturated/α-hetero) is 1. The second-order valence-corrected chi connectivity index (χ2v) is 5.28. The fraction of sp³-hybridized carbons (Fsp3) is 0.533. The number of hydrogen-bond acceptors (Lipinski definition) is 1. The number of allylic oxidation sites excluding steroid dienone is 6. The van der Waals surface area contributed by atoms with E-state index in [1.54, 1.807) is 0 Å². The summed E-state index contributed by atoms with van der Waals surface area (Å²) in [5, 5.41) is 0. The molecule has 16 heavy (non-hydrogen) atoms. The van der Waals surface area contributed by atoms with Crippen molar-refractivity contribution in [2.75, 3.05) is 0 Å². The molecule has 0 spiro atoms. The van der Waals surface area contributed by atoms with Gasteiger partial charge in [-0.25, -0.2) is 0 Å². The lowest BCUT2D eigenvalue weighted by Crippen LogP contribution is -2.26. The number of rotatable bonds is 2. The molecule has 0 saturated heterocycles. The molecule has 0 aromatic rings. The van der Waals surface area contributed by atoms with Crippen molar-refractivity contribution >= 4 is 5.78 Å². The molecule has 88 valence electrons. The molecule has 1 heteroatoms. The van der Waals surface area contributed by atoms with E-state index in [1.165, 1.54) is 5.57 Å². The Morgan fingerprint density at radius 1 is 1.38 bits per heavy atom. The smallest absolute Gasteiger partial charge is 0.185 e. The van der Waals surface area contributed by atoms with Crippen LogP contribution in [0.3, 0.4) is 0 Å². The molecule has 0 bridgehead atoms. The van der Waals surface area contributed by atoms with Gasteiger partial charge < -0.3 is 0 Å². The maximum atomic E-state index is 12.3. The third-order valence-corrected chi connectivity index (χ3v) is 3.58. The summed E-state index contributed by atoms with van der Waals surface area (Å²) in [5.41, 5.74) is 4.19. The zero-order chi connectivity index (χ0) is 12.5. The van der Waals surface area contributed by atoms with Crippen molar-refractivity contribution in [3.63, 3.8) is 0 Å². The molecule has 0 radical (unpaired) electrons. The van der Waals surface area contributed by atoms with E-state index < -0.39 is 0 Å². The molecule has 0 atom stereocenters. The average Bonchev–Trinajstić information content (AvgIpc) is 2.22. The first-order valence-corrected chi connectivity index (χ1v) is 5.87. The molecule has 0 amide bonds. The zero-order valence-corrected chi connectivity index (χ0v) is 11.3. The predicted molar refractivity (Wildman–Crippen MR) is 69.3 cm³/mol. The highest BCUT2D eigenvalue weighted by Crippen LogP contribution is 2.40. The summed E-state index contributed by atoms with van der Waals surface area (Å²) in [6.07, 6.45) is 5.08. The number of ketones is 1. The number of hydrogen-bond donors (Lipinski definition) is 0. The molecular formula is C15H22O. The third-order valence-electron chi connectivity index (χ3n) is 3.58. The van der Waals surface area contributed by atoms with E-state index in [0.717, 1.165) is 23.1 Å². The summed E-state index contributed by atoms with van der Waals surface area (Å²) in [7, 11) is 0. The van der Waals surface area contributed by atoms with Crippen LogP contribution >= 0.6 is 0 Å². The van der Waals surface area contributed by atoms with Crippen molar-refractivity contribution in [1.29, 1.82) is 0 Å². The van der Waals surface area contributed by atoms with Crippen molar-refractivity contribution in [3.8, 4) is 0 Å². The van der Waals surface area contributed by atoms with Gasteiger partial charge in [0.1, 0.15) is 0 Å². The average molecular weight is 218 g/mol. The Kier molecular flexibility index (Phi) is 3.57. The summed E-state index contributed by atoms with van der Waals surface area (Å²) >= 11 is 0. The van der Waals surface area contributed by atoms with Gasteiger partial charge >= 0.3 is 0 Å². The zero-order valence-electron chi connectivity index (χ0n) is 11.3. The Hall–Kier alpha value is -1.11. The predicted octanol–water partition coefficient (Wildman–Crippen LogP) is 4.21. The molecule has 0 aromatic carbocycles. The maximum Gasteiger partial charge on any atom is 0.185 e. The van der Waals surface area contributed by atoms with Crippen LogP contribution in [0.1, 0.15) is 48.0 Å². The highest BCUT2D eigenvalue weighted by Gasteiger charge is 2.32. The minimum atomic E-state index is -0.0368. The summed E-state index contributed by atoms with van der Waals surface area (Å²) in [6, 6.07) is 0. The normalized spacial score (nSPS) is 20.9. The topological polar surface area (TPSA) is 17.1 Å². The Balaban J connectivity index is 3.31. The summed E-state index contributed by atoms with van der Waals surface area (Å²) in [6.45, 7) is 12.3. The molecule has 0 heterocycles. The minimum Gasteiger partial charge on any atom is -0.289 e. The fourth-order valence-corrected chi connectivity index (χ4v) is 2.17. The molecule has 0 saturated carbocycles. The van der Waals surface area contributed by atoms with E-state index >= 15 is 0 Å². The Morgan fingerprint density at radius 2 is 1.94 bits per heavy atom. The van der Waals surface area contributed by atoms with Crippen LogP contribution in [0.2, 0.25) is 0 Å². The SMILES string of the molecule is C/C=C(\C)C(=O)C1=C(C)C(C)=CCC1(C)C. The van der Waals surface area contributed by atoms with Gasteiger partial charge in [0.2, 0.25) is 0 Å². The Labute approximate surface area is 98.9 Å². The van der Waals surface area contributed by atoms with Crippen LogP contribution < -0.4 is 0 Å². The van der Waals surface area contributed by atoms with E-state index in [1.807, 2.05) is 19.9 Å². The van der Waals surface area contributed by atoms with Gasteiger partial charge in [0, 0.05) is 5.57 Å². The van der Waals surface area contributed by atoms with Gasteiger partial charge in [0.15, 0.2) is 5.78 Å². The van der Waals surface area contributed by atoms with Crippen molar-refractivity contribution in [1.82, 2.24) is 0 Å². The third kappa shape index (κ3) is 2.18. The van der Waals surface area contributed by atoms with Gasteiger partial charge in [-0.2, -0.15) is 0 Å². The summed E-state index contributed by atoms with van der Waals surface area (Å²) in [5.74, 6) is 0.206. The van der Waals surface area contributed by atoms with Crippen LogP contribution in [0, 0.1) is 5.41 Å². The van der Waals surface area contributed by atoms with E-state index in [4.69, 9.17) is 0 Å². The highest BCUT2D eigenvalue weighted by molar-refractivity contribution is 6.09. The molecule has 1 aliphatic rings. The molecule has 1 rings (SSSR count). The van der Waals surface area contributed by atoms with Crippen LogP contribution in [-0.2, 0) is 4.79 Å². The van der Waals surface area contributed by atoms with E-state index in [0.29, 0.717) is 0 Å². The highest BCUT2D eigenvalue weighted by atomic mass is 16.1. The first-order valence-electron chi connectivity index (χ1n) is 5.87. The van der Waals surface area contributed by atoms with Gasteiger partial charge in [-0.05, 0) is 50.7 Å². The maximum absolute atomic E-state index is 12.3. The van der Waals surface area contributed by atoms with Crippen LogP contribution in [-0.4, -0.2) is 5.78 Å². The standard InChI is InChI=1S/C15H22O/c1-7-10(2)14(16)13-12(4)11(3)8-9-15(13,5)6/h7-8H,9H2,1-6H3/b10-7+. The van der Waals surface area contributed by atoms with Crippen molar-refractivity contribution in [2.45, 2.75) is 48.0 Å². The Bertz CT molecular complexity index is 403. The number of carbonyl (C=O) groups is 1. The van der Waals surface area contributed by atoms with E-state index in [2.05, 4.69) is 33.8 Å². The lowest BCUT2D eigenvalue weighted by atomic mass is 9.71. The fourth-order valence-electron chi connectivity index (χ4n) is 2.17. The quantitative estimate of drug-likeness (QED) is 0.634. The molecular weight excluding hydrogens is 196 g/mol. The van der Waals surface area contributed by atoms with Crippen LogP contribution in [0.4, 0.5) is 0 Å². The minimum absolute atomic E-state index is 0.0368.